The Hall–Kier alpha value is -1.32. The number of rotatable bonds is 5. The molecule has 27 heavy (non-hydrogen) atoms. The third-order valence-corrected chi connectivity index (χ3v) is 11.1. The summed E-state index contributed by atoms with van der Waals surface area (Å²) in [5.74, 6) is -0.498. The number of carbonyl (C=O) groups excluding carboxylic acids is 1. The summed E-state index contributed by atoms with van der Waals surface area (Å²) in [6.45, 7) is 9.61. The molecule has 6 heteroatoms. The number of carboxylic acid groups (broad SMARTS) is 1. The van der Waals surface area contributed by atoms with Gasteiger partial charge in [0.15, 0.2) is 0 Å². The fourth-order valence-corrected chi connectivity index (χ4v) is 11.3. The number of benzene rings is 1. The fourth-order valence-electron chi connectivity index (χ4n) is 4.52. The topological polar surface area (TPSA) is 66.8 Å². The van der Waals surface area contributed by atoms with Crippen molar-refractivity contribution in [1.29, 1.82) is 0 Å². The number of likely N-dealkylation sites (tertiary alicyclic amines) is 1. The molecule has 5 nitrogen and oxygen atoms in total. The Bertz CT molecular complexity index is 714. The van der Waals surface area contributed by atoms with Crippen LogP contribution in [-0.4, -0.2) is 60.1 Å². The molecule has 2 aliphatic rings. The van der Waals surface area contributed by atoms with Crippen molar-refractivity contribution in [3.8, 4) is 0 Å². The summed E-state index contributed by atoms with van der Waals surface area (Å²) in [7, 11) is 0. The van der Waals surface area contributed by atoms with Gasteiger partial charge in [-0.25, -0.2) is 0 Å². The van der Waals surface area contributed by atoms with Crippen molar-refractivity contribution in [3.05, 3.63) is 29.8 Å². The molecule has 0 bridgehead atoms. The summed E-state index contributed by atoms with van der Waals surface area (Å²) >= 11 is -2.25. The van der Waals surface area contributed by atoms with Gasteiger partial charge in [0.25, 0.3) is 0 Å². The first-order valence-corrected chi connectivity index (χ1v) is 12.8. The molecule has 0 aromatic heterocycles. The summed E-state index contributed by atoms with van der Waals surface area (Å²) < 4.78 is 7.02. The Labute approximate surface area is 166 Å². The number of fused-ring (bicyclic) bond motifs is 3. The molecular formula is C21H30AsNO4. The van der Waals surface area contributed by atoms with E-state index in [9.17, 15) is 14.7 Å². The zero-order valence-electron chi connectivity index (χ0n) is 16.6. The molecule has 1 saturated heterocycles. The van der Waals surface area contributed by atoms with Gasteiger partial charge in [0.05, 0.1) is 0 Å². The third-order valence-electron chi connectivity index (χ3n) is 5.38. The van der Waals surface area contributed by atoms with Crippen molar-refractivity contribution in [2.24, 2.45) is 0 Å². The number of carboxylic acids is 1. The molecule has 0 amide bonds. The van der Waals surface area contributed by atoms with E-state index < -0.39 is 26.2 Å². The number of ether oxygens (including phenoxy) is 1. The Balaban J connectivity index is 2.02. The van der Waals surface area contributed by atoms with Crippen LogP contribution in [0.4, 0.5) is 4.79 Å². The van der Waals surface area contributed by atoms with E-state index in [-0.39, 0.29) is 27.8 Å². The maximum atomic E-state index is 13.3. The number of piperidine rings is 1. The monoisotopic (exact) mass is 435 g/mol. The molecular weight excluding hydrogens is 405 g/mol. The molecule has 1 aromatic rings. The maximum absolute atomic E-state index is 13.3. The van der Waals surface area contributed by atoms with Crippen LogP contribution in [0.15, 0.2) is 24.3 Å². The summed E-state index contributed by atoms with van der Waals surface area (Å²) in [5, 5.41) is 9.57. The average molecular weight is 435 g/mol. The molecule has 2 heterocycles. The van der Waals surface area contributed by atoms with E-state index in [1.54, 1.807) is 0 Å². The number of hydrogen-bond acceptors (Lipinski definition) is 4. The SMILES string of the molecule is CCCN1CCC2c3ccccc3[As](C(=O)OC(C)(C)C)C2C1CC(=O)O. The van der Waals surface area contributed by atoms with Crippen LogP contribution in [0.2, 0.25) is 4.71 Å². The number of nitrogens with zero attached hydrogens (tertiary/aromatic N) is 1. The molecule has 0 aliphatic carbocycles. The number of hydrogen-bond donors (Lipinski definition) is 1. The minimum atomic E-state index is -2.25. The zero-order valence-corrected chi connectivity index (χ0v) is 18.5. The van der Waals surface area contributed by atoms with Crippen molar-refractivity contribution in [1.82, 2.24) is 4.90 Å². The van der Waals surface area contributed by atoms with Crippen LogP contribution in [0.3, 0.4) is 0 Å². The predicted molar refractivity (Wildman–Crippen MR) is 107 cm³/mol. The van der Waals surface area contributed by atoms with Gasteiger partial charge in [0, 0.05) is 0 Å². The summed E-state index contributed by atoms with van der Waals surface area (Å²) in [6, 6.07) is 8.17. The first-order valence-electron chi connectivity index (χ1n) is 9.80. The van der Waals surface area contributed by atoms with E-state index in [1.807, 2.05) is 32.9 Å². The second-order valence-electron chi connectivity index (χ2n) is 8.50. The molecule has 1 aromatic carbocycles. The Kier molecular flexibility index (Phi) is 6.02. The van der Waals surface area contributed by atoms with E-state index >= 15 is 0 Å². The Morgan fingerprint density at radius 1 is 1.30 bits per heavy atom. The van der Waals surface area contributed by atoms with Crippen molar-refractivity contribution < 1.29 is 19.4 Å². The van der Waals surface area contributed by atoms with E-state index in [1.165, 1.54) is 9.91 Å². The van der Waals surface area contributed by atoms with Gasteiger partial charge in [-0.3, -0.25) is 0 Å². The van der Waals surface area contributed by atoms with Crippen molar-refractivity contribution in [2.75, 3.05) is 13.1 Å². The van der Waals surface area contributed by atoms with E-state index in [0.717, 1.165) is 25.9 Å². The first kappa shape index (κ1) is 20.4. The Morgan fingerprint density at radius 2 is 2.00 bits per heavy atom. The average Bonchev–Trinajstić information content (AvgIpc) is 2.90. The van der Waals surface area contributed by atoms with E-state index in [4.69, 9.17) is 4.74 Å². The summed E-state index contributed by atoms with van der Waals surface area (Å²) in [5.41, 5.74) is 0.735. The van der Waals surface area contributed by atoms with Gasteiger partial charge in [-0.2, -0.15) is 0 Å². The molecule has 4 unspecified atom stereocenters. The predicted octanol–water partition coefficient (Wildman–Crippen LogP) is 3.33. The second-order valence-corrected chi connectivity index (χ2v) is 13.1. The molecule has 0 spiro atoms. The first-order chi connectivity index (χ1) is 12.7. The van der Waals surface area contributed by atoms with Crippen LogP contribution in [-0.2, 0) is 9.53 Å². The van der Waals surface area contributed by atoms with E-state index in [0.29, 0.717) is 0 Å². The molecule has 0 radical (unpaired) electrons. The minimum absolute atomic E-state index is 0.0799. The zero-order chi connectivity index (χ0) is 19.8. The fraction of sp³-hybridized carbons (Fsp3) is 0.619. The summed E-state index contributed by atoms with van der Waals surface area (Å²) in [6.07, 6.45) is 2.08. The van der Waals surface area contributed by atoms with Gasteiger partial charge in [0.2, 0.25) is 0 Å². The summed E-state index contributed by atoms with van der Waals surface area (Å²) in [4.78, 5) is 27.2. The molecule has 2 aliphatic heterocycles. The van der Waals surface area contributed by atoms with Crippen molar-refractivity contribution in [3.63, 3.8) is 0 Å². The van der Waals surface area contributed by atoms with E-state index in [2.05, 4.69) is 24.0 Å². The van der Waals surface area contributed by atoms with Crippen LogP contribution >= 0.6 is 0 Å². The number of aliphatic carboxylic acids is 1. The molecule has 0 saturated carbocycles. The van der Waals surface area contributed by atoms with Crippen molar-refractivity contribution in [2.45, 2.75) is 69.2 Å². The van der Waals surface area contributed by atoms with Gasteiger partial charge < -0.3 is 0 Å². The number of carbonyl (C=O) groups is 2. The van der Waals surface area contributed by atoms with Gasteiger partial charge >= 0.3 is 166 Å². The van der Waals surface area contributed by atoms with Gasteiger partial charge in [0.1, 0.15) is 0 Å². The van der Waals surface area contributed by atoms with Gasteiger partial charge in [-0.15, -0.1) is 0 Å². The van der Waals surface area contributed by atoms with Gasteiger partial charge in [-0.05, 0) is 0 Å². The molecule has 148 valence electrons. The van der Waals surface area contributed by atoms with Gasteiger partial charge in [-0.1, -0.05) is 0 Å². The van der Waals surface area contributed by atoms with Crippen LogP contribution < -0.4 is 4.35 Å². The molecule has 1 fully saturated rings. The standard InChI is InChI=1S/C21H30AsNO4/c1-5-11-23-12-10-15-14-8-6-7-9-16(14)22(20(26)27-21(2,3)4)19(15)17(23)13-18(24)25/h6-9,15,17,19H,5,10-13H2,1-4H3,(H,24,25). The third kappa shape index (κ3) is 4.25. The van der Waals surface area contributed by atoms with Crippen LogP contribution in [0, 0.1) is 0 Å². The normalized spacial score (nSPS) is 27.7. The van der Waals surface area contributed by atoms with Crippen LogP contribution in [0.1, 0.15) is 58.4 Å². The molecule has 4 atom stereocenters. The van der Waals surface area contributed by atoms with Crippen molar-refractivity contribution >= 4 is 29.7 Å². The second kappa shape index (κ2) is 7.97. The molecule has 3 rings (SSSR count). The molecule has 1 N–H and O–H groups in total. The Morgan fingerprint density at radius 3 is 2.63 bits per heavy atom. The van der Waals surface area contributed by atoms with Crippen LogP contribution in [0.25, 0.3) is 0 Å². The quantitative estimate of drug-likeness (QED) is 0.719. The van der Waals surface area contributed by atoms with Crippen LogP contribution in [0.5, 0.6) is 0 Å².